The van der Waals surface area contributed by atoms with Gasteiger partial charge in [0.15, 0.2) is 0 Å². The number of piperidine rings is 2. The average molecular weight is 406 g/mol. The lowest BCUT2D eigenvalue weighted by atomic mass is 9.81. The van der Waals surface area contributed by atoms with Crippen LogP contribution in [0.1, 0.15) is 55.3 Å². The molecule has 3 atom stereocenters. The number of carbonyl (C=O) groups is 2. The summed E-state index contributed by atoms with van der Waals surface area (Å²) >= 11 is 0. The van der Waals surface area contributed by atoms with Crippen molar-refractivity contribution in [2.24, 2.45) is 0 Å². The van der Waals surface area contributed by atoms with Gasteiger partial charge in [-0.1, -0.05) is 6.07 Å². The van der Waals surface area contributed by atoms with E-state index in [4.69, 9.17) is 0 Å². The molecule has 7 nitrogen and oxygen atoms in total. The van der Waals surface area contributed by atoms with Gasteiger partial charge >= 0.3 is 0 Å². The van der Waals surface area contributed by atoms with Gasteiger partial charge in [0.05, 0.1) is 6.26 Å². The topological polar surface area (TPSA) is 86.8 Å². The van der Waals surface area contributed by atoms with Gasteiger partial charge in [-0.05, 0) is 56.7 Å². The van der Waals surface area contributed by atoms with Crippen molar-refractivity contribution in [1.82, 2.24) is 9.62 Å². The van der Waals surface area contributed by atoms with Gasteiger partial charge in [-0.15, -0.1) is 0 Å². The zero-order valence-corrected chi connectivity index (χ0v) is 17.0. The summed E-state index contributed by atoms with van der Waals surface area (Å²) in [6.45, 7) is 0.699. The van der Waals surface area contributed by atoms with Crippen LogP contribution in [0.15, 0.2) is 24.3 Å². The van der Waals surface area contributed by atoms with Crippen LogP contribution in [0.5, 0.6) is 0 Å². The fourth-order valence-electron chi connectivity index (χ4n) is 4.99. The van der Waals surface area contributed by atoms with Crippen LogP contribution in [-0.4, -0.2) is 56.1 Å². The minimum absolute atomic E-state index is 0.0130. The Morgan fingerprint density at radius 1 is 1.14 bits per heavy atom. The molecule has 3 fully saturated rings. The second-order valence-electron chi connectivity index (χ2n) is 8.21. The number of sulfonamides is 1. The summed E-state index contributed by atoms with van der Waals surface area (Å²) in [7, 11) is -3.26. The summed E-state index contributed by atoms with van der Waals surface area (Å²) in [6.07, 6.45) is 6.76. The van der Waals surface area contributed by atoms with Crippen molar-refractivity contribution in [3.63, 3.8) is 0 Å². The molecule has 152 valence electrons. The zero-order chi connectivity index (χ0) is 19.9. The largest absolute Gasteiger partial charge is 0.333 e. The molecular formula is C20H27N3O4S. The zero-order valence-electron chi connectivity index (χ0n) is 16.1. The van der Waals surface area contributed by atoms with E-state index in [1.54, 1.807) is 4.90 Å². The van der Waals surface area contributed by atoms with E-state index in [1.807, 2.05) is 29.2 Å². The highest BCUT2D eigenvalue weighted by atomic mass is 32.2. The Hall–Kier alpha value is -1.93. The molecule has 3 heterocycles. The summed E-state index contributed by atoms with van der Waals surface area (Å²) in [5, 5.41) is 0. The van der Waals surface area contributed by atoms with E-state index in [0.717, 1.165) is 31.4 Å². The van der Waals surface area contributed by atoms with Crippen LogP contribution in [0.2, 0.25) is 0 Å². The summed E-state index contributed by atoms with van der Waals surface area (Å²) in [4.78, 5) is 29.1. The van der Waals surface area contributed by atoms with Crippen molar-refractivity contribution >= 4 is 27.5 Å². The molecule has 1 unspecified atom stereocenters. The molecule has 0 saturated carbocycles. The molecule has 28 heavy (non-hydrogen) atoms. The third-order valence-electron chi connectivity index (χ3n) is 6.07. The lowest BCUT2D eigenvalue weighted by Crippen LogP contribution is -2.58. The van der Waals surface area contributed by atoms with Crippen LogP contribution in [0.3, 0.4) is 0 Å². The van der Waals surface area contributed by atoms with E-state index >= 15 is 0 Å². The Kier molecular flexibility index (Phi) is 5.18. The maximum absolute atomic E-state index is 13.3. The Bertz CT molecular complexity index is 871. The predicted molar refractivity (Wildman–Crippen MR) is 107 cm³/mol. The second kappa shape index (κ2) is 7.48. The molecule has 0 radical (unpaired) electrons. The smallest absolute Gasteiger partial charge is 0.254 e. The molecular weight excluding hydrogens is 378 g/mol. The molecule has 3 saturated heterocycles. The van der Waals surface area contributed by atoms with E-state index in [0.29, 0.717) is 31.4 Å². The number of benzene rings is 1. The molecule has 4 rings (SSSR count). The number of rotatable bonds is 4. The standard InChI is InChI=1S/C20H27N3O4S/c1-28(26,27)21-15-12-17-7-3-8-18(13-15)23(17)20(25)14-5-2-6-16(11-14)22-10-4-9-19(22)24/h2,5-6,11,15,17-18,21H,3-4,7-10,12-13H2,1H3/t15?,17-,18+. The van der Waals surface area contributed by atoms with Crippen molar-refractivity contribution in [2.75, 3.05) is 17.7 Å². The quantitative estimate of drug-likeness (QED) is 0.829. The van der Waals surface area contributed by atoms with E-state index in [2.05, 4.69) is 4.72 Å². The number of nitrogens with one attached hydrogen (secondary N) is 1. The molecule has 0 aliphatic carbocycles. The van der Waals surface area contributed by atoms with Crippen molar-refractivity contribution < 1.29 is 18.0 Å². The van der Waals surface area contributed by atoms with Crippen LogP contribution < -0.4 is 9.62 Å². The van der Waals surface area contributed by atoms with Crippen LogP contribution in [-0.2, 0) is 14.8 Å². The summed E-state index contributed by atoms with van der Waals surface area (Å²) in [5.41, 5.74) is 1.38. The van der Waals surface area contributed by atoms with Crippen LogP contribution in [0.4, 0.5) is 5.69 Å². The number of anilines is 1. The maximum atomic E-state index is 13.3. The minimum Gasteiger partial charge on any atom is -0.333 e. The van der Waals surface area contributed by atoms with Gasteiger partial charge in [0.1, 0.15) is 0 Å². The molecule has 2 bridgehead atoms. The average Bonchev–Trinajstić information content (AvgIpc) is 3.05. The van der Waals surface area contributed by atoms with Crippen molar-refractivity contribution in [2.45, 2.75) is 63.1 Å². The van der Waals surface area contributed by atoms with E-state index in [1.165, 1.54) is 6.26 Å². The molecule has 3 aliphatic heterocycles. The van der Waals surface area contributed by atoms with E-state index < -0.39 is 10.0 Å². The van der Waals surface area contributed by atoms with Gasteiger partial charge in [0, 0.05) is 42.3 Å². The monoisotopic (exact) mass is 405 g/mol. The highest BCUT2D eigenvalue weighted by molar-refractivity contribution is 7.88. The fraction of sp³-hybridized carbons (Fsp3) is 0.600. The highest BCUT2D eigenvalue weighted by Gasteiger charge is 2.41. The van der Waals surface area contributed by atoms with Crippen LogP contribution >= 0.6 is 0 Å². The molecule has 1 aromatic carbocycles. The molecule has 1 aromatic rings. The molecule has 1 N–H and O–H groups in total. The predicted octanol–water partition coefficient (Wildman–Crippen LogP) is 1.89. The van der Waals surface area contributed by atoms with Gasteiger partial charge in [-0.2, -0.15) is 0 Å². The summed E-state index contributed by atoms with van der Waals surface area (Å²) in [6, 6.07) is 7.34. The highest BCUT2D eigenvalue weighted by Crippen LogP contribution is 2.36. The third-order valence-corrected chi connectivity index (χ3v) is 6.83. The van der Waals surface area contributed by atoms with Crippen LogP contribution in [0.25, 0.3) is 0 Å². The van der Waals surface area contributed by atoms with Gasteiger partial charge in [-0.25, -0.2) is 13.1 Å². The Morgan fingerprint density at radius 3 is 2.46 bits per heavy atom. The number of amides is 2. The van der Waals surface area contributed by atoms with Crippen molar-refractivity contribution in [3.05, 3.63) is 29.8 Å². The maximum Gasteiger partial charge on any atom is 0.254 e. The second-order valence-corrected chi connectivity index (χ2v) is 9.99. The van der Waals surface area contributed by atoms with Gasteiger partial charge < -0.3 is 9.80 Å². The number of carbonyl (C=O) groups excluding carboxylic acids is 2. The molecule has 0 aromatic heterocycles. The first-order valence-corrected chi connectivity index (χ1v) is 11.9. The first-order chi connectivity index (χ1) is 13.3. The Balaban J connectivity index is 1.54. The number of nitrogens with zero attached hydrogens (tertiary/aromatic N) is 2. The molecule has 0 spiro atoms. The fourth-order valence-corrected chi connectivity index (χ4v) is 5.79. The molecule has 8 heteroatoms. The first kappa shape index (κ1) is 19.4. The first-order valence-electron chi connectivity index (χ1n) is 10.0. The number of fused-ring (bicyclic) bond motifs is 2. The van der Waals surface area contributed by atoms with Gasteiger partial charge in [-0.3, -0.25) is 9.59 Å². The summed E-state index contributed by atoms with van der Waals surface area (Å²) < 4.78 is 26.0. The minimum atomic E-state index is -3.26. The van der Waals surface area contributed by atoms with E-state index in [9.17, 15) is 18.0 Å². The van der Waals surface area contributed by atoms with Gasteiger partial charge in [0.2, 0.25) is 15.9 Å². The Morgan fingerprint density at radius 2 is 1.86 bits per heavy atom. The summed E-state index contributed by atoms with van der Waals surface area (Å²) in [5.74, 6) is 0.0927. The lowest BCUT2D eigenvalue weighted by Gasteiger charge is -2.49. The van der Waals surface area contributed by atoms with E-state index in [-0.39, 0.29) is 29.9 Å². The Labute approximate surface area is 166 Å². The van der Waals surface area contributed by atoms with Crippen molar-refractivity contribution in [1.29, 1.82) is 0 Å². The van der Waals surface area contributed by atoms with Crippen molar-refractivity contribution in [3.8, 4) is 0 Å². The number of hydrogen-bond acceptors (Lipinski definition) is 4. The number of hydrogen-bond donors (Lipinski definition) is 1. The molecule has 2 amide bonds. The molecule has 3 aliphatic rings. The normalized spacial score (nSPS) is 27.9. The lowest BCUT2D eigenvalue weighted by molar-refractivity contribution is -0.117. The van der Waals surface area contributed by atoms with Gasteiger partial charge in [0.25, 0.3) is 5.91 Å². The SMILES string of the molecule is CS(=O)(=O)NC1C[C@H]2CCC[C@@H](C1)N2C(=O)c1cccc(N2CCCC2=O)c1. The third kappa shape index (κ3) is 3.93. The van der Waals surface area contributed by atoms with Crippen LogP contribution in [0, 0.1) is 0 Å².